The van der Waals surface area contributed by atoms with Gasteiger partial charge >= 0.3 is 5.97 Å². The van der Waals surface area contributed by atoms with Gasteiger partial charge in [-0.15, -0.1) is 0 Å². The molecule has 1 aromatic rings. The molecule has 0 aliphatic carbocycles. The van der Waals surface area contributed by atoms with Crippen LogP contribution in [-0.4, -0.2) is 28.1 Å². The third kappa shape index (κ3) is 2.20. The fourth-order valence-corrected chi connectivity index (χ4v) is 3.15. The Kier molecular flexibility index (Phi) is 4.15. The Labute approximate surface area is 122 Å². The number of hydrogen-bond acceptors (Lipinski definition) is 4. The van der Waals surface area contributed by atoms with Gasteiger partial charge in [-0.05, 0) is 25.3 Å². The Bertz CT molecular complexity index is 570. The lowest BCUT2D eigenvalue weighted by atomic mass is 9.90. The zero-order valence-electron chi connectivity index (χ0n) is 11.3. The van der Waals surface area contributed by atoms with Gasteiger partial charge < -0.3 is 10.0 Å². The third-order valence-electron chi connectivity index (χ3n) is 3.80. The fraction of sp³-hybridized carbons (Fsp3) is 0.500. The highest BCUT2D eigenvalue weighted by Crippen LogP contribution is 2.40. The van der Waals surface area contributed by atoms with E-state index in [-0.39, 0.29) is 5.02 Å². The van der Waals surface area contributed by atoms with Crippen LogP contribution in [0.4, 0.5) is 5.82 Å². The van der Waals surface area contributed by atoms with Crippen LogP contribution in [0.2, 0.25) is 5.02 Å². The summed E-state index contributed by atoms with van der Waals surface area (Å²) in [5.74, 6) is -0.448. The first kappa shape index (κ1) is 14.6. The number of carboxylic acids is 1. The predicted octanol–water partition coefficient (Wildman–Crippen LogP) is 2.83. The zero-order chi connectivity index (χ0) is 14.8. The van der Waals surface area contributed by atoms with Crippen LogP contribution in [0, 0.1) is 11.3 Å². The molecule has 1 aliphatic rings. The van der Waals surface area contributed by atoms with Crippen molar-refractivity contribution in [2.24, 2.45) is 0 Å². The summed E-state index contributed by atoms with van der Waals surface area (Å²) in [5.41, 5.74) is -0.640. The van der Waals surface area contributed by atoms with Crippen LogP contribution in [0.15, 0.2) is 12.3 Å². The molecule has 0 amide bonds. The van der Waals surface area contributed by atoms with Gasteiger partial charge in [-0.1, -0.05) is 24.9 Å². The zero-order valence-corrected chi connectivity index (χ0v) is 12.0. The molecule has 6 heteroatoms. The van der Waals surface area contributed by atoms with Gasteiger partial charge in [-0.25, -0.2) is 9.78 Å². The number of nitriles is 1. The highest BCUT2D eigenvalue weighted by molar-refractivity contribution is 6.34. The van der Waals surface area contributed by atoms with Gasteiger partial charge in [0.15, 0.2) is 0 Å². The van der Waals surface area contributed by atoms with Crippen molar-refractivity contribution >= 4 is 23.4 Å². The Morgan fingerprint density at radius 2 is 2.45 bits per heavy atom. The van der Waals surface area contributed by atoms with E-state index in [0.717, 1.165) is 12.8 Å². The second-order valence-electron chi connectivity index (χ2n) is 4.95. The van der Waals surface area contributed by atoms with Crippen molar-refractivity contribution in [2.45, 2.75) is 38.1 Å². The highest BCUT2D eigenvalue weighted by atomic mass is 35.5. The van der Waals surface area contributed by atoms with E-state index in [4.69, 9.17) is 16.9 Å². The number of anilines is 1. The van der Waals surface area contributed by atoms with Crippen molar-refractivity contribution in [3.8, 4) is 6.07 Å². The monoisotopic (exact) mass is 293 g/mol. The quantitative estimate of drug-likeness (QED) is 0.923. The maximum atomic E-state index is 11.8. The van der Waals surface area contributed by atoms with Crippen molar-refractivity contribution in [3.63, 3.8) is 0 Å². The second-order valence-corrected chi connectivity index (χ2v) is 5.33. The molecule has 1 aromatic heterocycles. The Morgan fingerprint density at radius 3 is 3.05 bits per heavy atom. The first-order chi connectivity index (χ1) is 9.56. The van der Waals surface area contributed by atoms with Crippen LogP contribution in [0.25, 0.3) is 0 Å². The molecule has 1 N–H and O–H groups in total. The van der Waals surface area contributed by atoms with Crippen molar-refractivity contribution in [1.29, 1.82) is 5.26 Å². The number of halogens is 1. The highest BCUT2D eigenvalue weighted by Gasteiger charge is 2.48. The van der Waals surface area contributed by atoms with Crippen LogP contribution < -0.4 is 4.90 Å². The third-order valence-corrected chi connectivity index (χ3v) is 4.17. The molecule has 5 nitrogen and oxygen atoms in total. The van der Waals surface area contributed by atoms with Crippen LogP contribution in [0.3, 0.4) is 0 Å². The number of nitrogens with zero attached hydrogens (tertiary/aromatic N) is 3. The molecule has 1 atom stereocenters. The molecule has 2 heterocycles. The molecular weight excluding hydrogens is 278 g/mol. The summed E-state index contributed by atoms with van der Waals surface area (Å²) in [4.78, 5) is 17.7. The SMILES string of the molecule is CCCC1(C(=O)O)CCCN1c1nccc(C#N)c1Cl. The van der Waals surface area contributed by atoms with Gasteiger partial charge in [-0.3, -0.25) is 0 Å². The normalized spacial score (nSPS) is 21.8. The molecule has 1 fully saturated rings. The summed E-state index contributed by atoms with van der Waals surface area (Å²) in [6.07, 6.45) is 4.15. The summed E-state index contributed by atoms with van der Waals surface area (Å²) in [6, 6.07) is 3.53. The minimum absolute atomic E-state index is 0.235. The molecule has 0 spiro atoms. The molecule has 20 heavy (non-hydrogen) atoms. The first-order valence-electron chi connectivity index (χ1n) is 6.62. The van der Waals surface area contributed by atoms with Gasteiger partial charge in [0.2, 0.25) is 0 Å². The van der Waals surface area contributed by atoms with E-state index in [2.05, 4.69) is 4.98 Å². The molecule has 106 valence electrons. The first-order valence-corrected chi connectivity index (χ1v) is 7.00. The molecule has 1 aliphatic heterocycles. The maximum absolute atomic E-state index is 11.8. The lowest BCUT2D eigenvalue weighted by molar-refractivity contribution is -0.143. The average Bonchev–Trinajstić information content (AvgIpc) is 2.84. The standard InChI is InChI=1S/C14H16ClN3O2/c1-2-5-14(13(19)20)6-3-8-18(14)12-11(15)10(9-16)4-7-17-12/h4,7H,2-3,5-6,8H2,1H3,(H,19,20). The minimum atomic E-state index is -0.959. The fourth-order valence-electron chi connectivity index (χ4n) is 2.90. The van der Waals surface area contributed by atoms with Crippen LogP contribution in [-0.2, 0) is 4.79 Å². The smallest absolute Gasteiger partial charge is 0.329 e. The maximum Gasteiger partial charge on any atom is 0.329 e. The Balaban J connectivity index is 2.51. The minimum Gasteiger partial charge on any atom is -0.479 e. The topological polar surface area (TPSA) is 77.2 Å². The molecule has 1 saturated heterocycles. The Hall–Kier alpha value is -1.80. The van der Waals surface area contributed by atoms with Crippen LogP contribution in [0.1, 0.15) is 38.2 Å². The van der Waals surface area contributed by atoms with Gasteiger partial charge in [0.25, 0.3) is 0 Å². The second kappa shape index (κ2) is 5.68. The number of carboxylic acid groups (broad SMARTS) is 1. The molecule has 0 bridgehead atoms. The van der Waals surface area contributed by atoms with Gasteiger partial charge in [-0.2, -0.15) is 5.26 Å². The lowest BCUT2D eigenvalue weighted by Crippen LogP contribution is -2.51. The Morgan fingerprint density at radius 1 is 1.70 bits per heavy atom. The van der Waals surface area contributed by atoms with E-state index < -0.39 is 11.5 Å². The molecule has 0 aromatic carbocycles. The number of aliphatic carboxylic acids is 1. The van der Waals surface area contributed by atoms with Crippen molar-refractivity contribution < 1.29 is 9.90 Å². The average molecular weight is 294 g/mol. The van der Waals surface area contributed by atoms with E-state index in [1.807, 2.05) is 13.0 Å². The van der Waals surface area contributed by atoms with E-state index in [1.54, 1.807) is 4.90 Å². The molecule has 1 unspecified atom stereocenters. The van der Waals surface area contributed by atoms with E-state index in [1.165, 1.54) is 12.3 Å². The van der Waals surface area contributed by atoms with Crippen molar-refractivity contribution in [2.75, 3.05) is 11.4 Å². The number of aromatic nitrogens is 1. The lowest BCUT2D eigenvalue weighted by Gasteiger charge is -2.36. The van der Waals surface area contributed by atoms with E-state index in [0.29, 0.717) is 30.8 Å². The van der Waals surface area contributed by atoms with Crippen LogP contribution in [0.5, 0.6) is 0 Å². The van der Waals surface area contributed by atoms with E-state index in [9.17, 15) is 9.90 Å². The van der Waals surface area contributed by atoms with Crippen molar-refractivity contribution in [1.82, 2.24) is 4.98 Å². The van der Waals surface area contributed by atoms with Crippen LogP contribution >= 0.6 is 11.6 Å². The summed E-state index contributed by atoms with van der Waals surface area (Å²) in [7, 11) is 0. The predicted molar refractivity (Wildman–Crippen MR) is 75.8 cm³/mol. The number of carbonyl (C=O) groups is 1. The number of rotatable bonds is 4. The van der Waals surface area contributed by atoms with Gasteiger partial charge in [0.1, 0.15) is 22.4 Å². The molecular formula is C14H16ClN3O2. The van der Waals surface area contributed by atoms with Crippen molar-refractivity contribution in [3.05, 3.63) is 22.8 Å². The largest absolute Gasteiger partial charge is 0.479 e. The summed E-state index contributed by atoms with van der Waals surface area (Å²) >= 11 is 6.20. The van der Waals surface area contributed by atoms with Gasteiger partial charge in [0.05, 0.1) is 5.56 Å². The summed E-state index contributed by atoms with van der Waals surface area (Å²) in [6.45, 7) is 2.55. The number of pyridine rings is 1. The van der Waals surface area contributed by atoms with E-state index >= 15 is 0 Å². The number of hydrogen-bond donors (Lipinski definition) is 1. The molecule has 2 rings (SSSR count). The van der Waals surface area contributed by atoms with Gasteiger partial charge in [0, 0.05) is 12.7 Å². The molecule has 0 radical (unpaired) electrons. The summed E-state index contributed by atoms with van der Waals surface area (Å²) in [5, 5.41) is 18.9. The summed E-state index contributed by atoms with van der Waals surface area (Å²) < 4.78 is 0. The molecule has 0 saturated carbocycles.